The number of hydrogen-bond donors (Lipinski definition) is 1. The Bertz CT molecular complexity index is 245. The van der Waals surface area contributed by atoms with Gasteiger partial charge in [-0.15, -0.1) is 0 Å². The van der Waals surface area contributed by atoms with Crippen LogP contribution in [0.3, 0.4) is 0 Å². The number of hydroxylamine groups is 1. The molecule has 5 nitrogen and oxygen atoms in total. The summed E-state index contributed by atoms with van der Waals surface area (Å²) in [5, 5.41) is 0. The minimum Gasteiger partial charge on any atom is -0.302 e. The monoisotopic (exact) mass is 212 g/mol. The van der Waals surface area contributed by atoms with Gasteiger partial charge in [0.2, 0.25) is 0 Å². The van der Waals surface area contributed by atoms with E-state index in [0.717, 1.165) is 19.3 Å². The molecule has 0 atom stereocenters. The molecular weight excluding hydrogens is 196 g/mol. The van der Waals surface area contributed by atoms with Gasteiger partial charge in [-0.05, 0) is 19.3 Å². The lowest BCUT2D eigenvalue weighted by Gasteiger charge is -2.12. The van der Waals surface area contributed by atoms with Crippen LogP contribution in [0.15, 0.2) is 12.2 Å². The predicted molar refractivity (Wildman–Crippen MR) is 54.7 cm³/mol. The molecule has 1 N–H and O–H groups in total. The minimum absolute atomic E-state index is 0.202. The van der Waals surface area contributed by atoms with Gasteiger partial charge in [-0.1, -0.05) is 0 Å². The van der Waals surface area contributed by atoms with Gasteiger partial charge < -0.3 is 4.84 Å². The molecule has 0 bridgehead atoms. The third-order valence-corrected chi connectivity index (χ3v) is 2.17. The van der Waals surface area contributed by atoms with Crippen LogP contribution in [-0.2, 0) is 14.4 Å². The standard InChI is InChI=1S/C10H16N2O3/c1-11-15-8-4-2-3-7-12-9(13)5-6-10(12)14/h5-6,11H,2-4,7-8H2,1H3. The zero-order chi connectivity index (χ0) is 11.1. The molecule has 0 fully saturated rings. The van der Waals surface area contributed by atoms with Crippen LogP contribution in [0.1, 0.15) is 19.3 Å². The third kappa shape index (κ3) is 3.81. The highest BCUT2D eigenvalue weighted by Gasteiger charge is 2.21. The number of amides is 2. The second-order valence-corrected chi connectivity index (χ2v) is 3.27. The van der Waals surface area contributed by atoms with Gasteiger partial charge >= 0.3 is 0 Å². The first kappa shape index (κ1) is 11.9. The van der Waals surface area contributed by atoms with Crippen molar-refractivity contribution in [2.75, 3.05) is 20.2 Å². The molecule has 84 valence electrons. The number of hydrogen-bond acceptors (Lipinski definition) is 4. The molecule has 0 spiro atoms. The molecule has 0 unspecified atom stereocenters. The molecule has 15 heavy (non-hydrogen) atoms. The fourth-order valence-corrected chi connectivity index (χ4v) is 1.37. The van der Waals surface area contributed by atoms with E-state index in [1.807, 2.05) is 0 Å². The molecule has 0 saturated heterocycles. The Balaban J connectivity index is 2.05. The topological polar surface area (TPSA) is 58.6 Å². The first-order chi connectivity index (χ1) is 7.25. The van der Waals surface area contributed by atoms with Gasteiger partial charge in [-0.3, -0.25) is 14.5 Å². The van der Waals surface area contributed by atoms with Crippen LogP contribution in [0.2, 0.25) is 0 Å². The van der Waals surface area contributed by atoms with Crippen LogP contribution in [0.5, 0.6) is 0 Å². The highest BCUT2D eigenvalue weighted by Crippen LogP contribution is 2.06. The minimum atomic E-state index is -0.202. The molecule has 0 saturated carbocycles. The molecule has 0 aliphatic carbocycles. The molecular formula is C10H16N2O3. The molecule has 0 aromatic heterocycles. The fourth-order valence-electron chi connectivity index (χ4n) is 1.37. The lowest BCUT2D eigenvalue weighted by molar-refractivity contribution is -0.136. The number of rotatable bonds is 7. The molecule has 0 radical (unpaired) electrons. The van der Waals surface area contributed by atoms with E-state index in [4.69, 9.17) is 4.84 Å². The van der Waals surface area contributed by atoms with Crippen LogP contribution in [0, 0.1) is 0 Å². The Labute approximate surface area is 89.0 Å². The molecule has 1 rings (SSSR count). The predicted octanol–water partition coefficient (Wildman–Crippen LogP) is 0.233. The Morgan fingerprint density at radius 3 is 2.47 bits per heavy atom. The van der Waals surface area contributed by atoms with Crippen molar-refractivity contribution in [3.63, 3.8) is 0 Å². The van der Waals surface area contributed by atoms with Crippen molar-refractivity contribution in [2.45, 2.75) is 19.3 Å². The summed E-state index contributed by atoms with van der Waals surface area (Å²) in [7, 11) is 1.72. The highest BCUT2D eigenvalue weighted by atomic mass is 16.6. The quantitative estimate of drug-likeness (QED) is 0.373. The summed E-state index contributed by atoms with van der Waals surface area (Å²) in [6.07, 6.45) is 5.31. The van der Waals surface area contributed by atoms with E-state index in [1.165, 1.54) is 17.1 Å². The lowest BCUT2D eigenvalue weighted by Crippen LogP contribution is -2.30. The maximum absolute atomic E-state index is 11.1. The molecule has 1 aliphatic heterocycles. The summed E-state index contributed by atoms with van der Waals surface area (Å²) in [5.74, 6) is -0.405. The van der Waals surface area contributed by atoms with E-state index in [2.05, 4.69) is 5.48 Å². The van der Waals surface area contributed by atoms with Crippen LogP contribution < -0.4 is 5.48 Å². The number of imide groups is 1. The van der Waals surface area contributed by atoms with Crippen LogP contribution in [-0.4, -0.2) is 36.9 Å². The fraction of sp³-hybridized carbons (Fsp3) is 0.600. The summed E-state index contributed by atoms with van der Waals surface area (Å²) in [4.78, 5) is 28.5. The van der Waals surface area contributed by atoms with Crippen molar-refractivity contribution in [3.05, 3.63) is 12.2 Å². The van der Waals surface area contributed by atoms with Crippen molar-refractivity contribution in [2.24, 2.45) is 0 Å². The Hall–Kier alpha value is -1.20. The molecule has 0 aromatic rings. The van der Waals surface area contributed by atoms with E-state index in [-0.39, 0.29) is 11.8 Å². The maximum Gasteiger partial charge on any atom is 0.253 e. The van der Waals surface area contributed by atoms with E-state index < -0.39 is 0 Å². The van der Waals surface area contributed by atoms with E-state index in [0.29, 0.717) is 13.2 Å². The van der Waals surface area contributed by atoms with Gasteiger partial charge in [0.25, 0.3) is 11.8 Å². The number of nitrogens with one attached hydrogen (secondary N) is 1. The van der Waals surface area contributed by atoms with Crippen LogP contribution in [0.25, 0.3) is 0 Å². The largest absolute Gasteiger partial charge is 0.302 e. The van der Waals surface area contributed by atoms with Gasteiger partial charge in [0.15, 0.2) is 0 Å². The van der Waals surface area contributed by atoms with E-state index >= 15 is 0 Å². The summed E-state index contributed by atoms with van der Waals surface area (Å²) < 4.78 is 0. The Morgan fingerprint density at radius 2 is 1.87 bits per heavy atom. The zero-order valence-corrected chi connectivity index (χ0v) is 8.86. The smallest absolute Gasteiger partial charge is 0.253 e. The second-order valence-electron chi connectivity index (χ2n) is 3.27. The number of carbonyl (C=O) groups is 2. The number of nitrogens with zero attached hydrogens (tertiary/aromatic N) is 1. The van der Waals surface area contributed by atoms with Gasteiger partial charge in [-0.25, -0.2) is 5.48 Å². The van der Waals surface area contributed by atoms with E-state index in [1.54, 1.807) is 7.05 Å². The average molecular weight is 212 g/mol. The lowest BCUT2D eigenvalue weighted by atomic mass is 10.2. The van der Waals surface area contributed by atoms with Crippen molar-refractivity contribution in [1.82, 2.24) is 10.4 Å². The number of unbranched alkanes of at least 4 members (excludes halogenated alkanes) is 2. The summed E-state index contributed by atoms with van der Waals surface area (Å²) in [6.45, 7) is 1.15. The summed E-state index contributed by atoms with van der Waals surface area (Å²) in [5.41, 5.74) is 2.59. The SMILES string of the molecule is CNOCCCCCN1C(=O)C=CC1=O. The van der Waals surface area contributed by atoms with Crippen molar-refractivity contribution in [3.8, 4) is 0 Å². The Kier molecular flexibility index (Phi) is 5.00. The first-order valence-corrected chi connectivity index (χ1v) is 5.08. The first-order valence-electron chi connectivity index (χ1n) is 5.08. The Morgan fingerprint density at radius 1 is 1.20 bits per heavy atom. The molecule has 1 aliphatic rings. The average Bonchev–Trinajstić information content (AvgIpc) is 2.54. The van der Waals surface area contributed by atoms with Crippen LogP contribution in [0.4, 0.5) is 0 Å². The van der Waals surface area contributed by atoms with Crippen molar-refractivity contribution < 1.29 is 14.4 Å². The molecule has 1 heterocycles. The van der Waals surface area contributed by atoms with Gasteiger partial charge in [0.05, 0.1) is 6.61 Å². The van der Waals surface area contributed by atoms with Crippen molar-refractivity contribution >= 4 is 11.8 Å². The van der Waals surface area contributed by atoms with Crippen molar-refractivity contribution in [1.29, 1.82) is 0 Å². The van der Waals surface area contributed by atoms with Gasteiger partial charge in [0.1, 0.15) is 0 Å². The van der Waals surface area contributed by atoms with Crippen LogP contribution >= 0.6 is 0 Å². The van der Waals surface area contributed by atoms with Gasteiger partial charge in [0, 0.05) is 25.7 Å². The maximum atomic E-state index is 11.1. The summed E-state index contributed by atoms with van der Waals surface area (Å²) >= 11 is 0. The third-order valence-electron chi connectivity index (χ3n) is 2.17. The molecule has 5 heteroatoms. The molecule has 2 amide bonds. The normalized spacial score (nSPS) is 15.4. The number of carbonyl (C=O) groups excluding carboxylic acids is 2. The zero-order valence-electron chi connectivity index (χ0n) is 8.86. The molecule has 0 aromatic carbocycles. The van der Waals surface area contributed by atoms with Gasteiger partial charge in [-0.2, -0.15) is 0 Å². The second kappa shape index (κ2) is 6.31. The summed E-state index contributed by atoms with van der Waals surface area (Å²) in [6, 6.07) is 0. The highest BCUT2D eigenvalue weighted by molar-refractivity contribution is 6.12. The van der Waals surface area contributed by atoms with E-state index in [9.17, 15) is 9.59 Å².